The highest BCUT2D eigenvalue weighted by atomic mass is 32.1. The first kappa shape index (κ1) is 16.5. The van der Waals surface area contributed by atoms with Crippen molar-refractivity contribution in [3.05, 3.63) is 34.5 Å². The second-order valence-corrected chi connectivity index (χ2v) is 7.01. The van der Waals surface area contributed by atoms with Crippen LogP contribution in [0.1, 0.15) is 76.7 Å². The number of benzene rings is 1. The number of thiophene rings is 1. The number of unbranched alkanes of at least 4 members (excludes halogenated alkanes) is 9. The van der Waals surface area contributed by atoms with E-state index in [1.165, 1.54) is 87.0 Å². The van der Waals surface area contributed by atoms with E-state index in [-0.39, 0.29) is 0 Å². The van der Waals surface area contributed by atoms with E-state index in [1.54, 1.807) is 11.3 Å². The second-order valence-electron chi connectivity index (χ2n) is 6.27. The van der Waals surface area contributed by atoms with Crippen molar-refractivity contribution in [2.24, 2.45) is 0 Å². The molecular weight excluding hydrogens is 272 g/mol. The molecule has 0 bridgehead atoms. The standard InChI is InChI=1S/C20H30S/c1-2-3-4-5-6-7-8-9-10-11-12-18-13-14-19-16-21-17-20(19)15-18/h13-17H,2-12H2,1H3. The fourth-order valence-corrected chi connectivity index (χ4v) is 3.77. The van der Waals surface area contributed by atoms with E-state index in [4.69, 9.17) is 0 Å². The molecule has 0 nitrogen and oxygen atoms in total. The zero-order chi connectivity index (χ0) is 14.8. The molecule has 1 aromatic carbocycles. The van der Waals surface area contributed by atoms with Gasteiger partial charge in [0.25, 0.3) is 0 Å². The maximum absolute atomic E-state index is 2.37. The maximum Gasteiger partial charge on any atom is -0.00144 e. The molecule has 2 aromatic rings. The van der Waals surface area contributed by atoms with Gasteiger partial charge in [0.2, 0.25) is 0 Å². The lowest BCUT2D eigenvalue weighted by Gasteiger charge is -2.03. The normalized spacial score (nSPS) is 11.3. The van der Waals surface area contributed by atoms with Gasteiger partial charge >= 0.3 is 0 Å². The minimum atomic E-state index is 1.25. The van der Waals surface area contributed by atoms with Gasteiger partial charge in [0.05, 0.1) is 0 Å². The van der Waals surface area contributed by atoms with Gasteiger partial charge in [-0.15, -0.1) is 0 Å². The van der Waals surface area contributed by atoms with Gasteiger partial charge in [0, 0.05) is 0 Å². The van der Waals surface area contributed by atoms with Crippen molar-refractivity contribution in [1.82, 2.24) is 0 Å². The lowest BCUT2D eigenvalue weighted by molar-refractivity contribution is 0.556. The van der Waals surface area contributed by atoms with Gasteiger partial charge in [0.15, 0.2) is 0 Å². The van der Waals surface area contributed by atoms with Crippen LogP contribution in [0.5, 0.6) is 0 Å². The molecular formula is C20H30S. The Morgan fingerprint density at radius 3 is 2.05 bits per heavy atom. The second kappa shape index (κ2) is 10.00. The Hall–Kier alpha value is -0.820. The highest BCUT2D eigenvalue weighted by molar-refractivity contribution is 7.09. The first-order valence-electron chi connectivity index (χ1n) is 8.85. The van der Waals surface area contributed by atoms with Crippen LogP contribution in [0.4, 0.5) is 0 Å². The van der Waals surface area contributed by atoms with E-state index in [1.807, 2.05) is 0 Å². The minimum absolute atomic E-state index is 1.25. The third-order valence-electron chi connectivity index (χ3n) is 4.36. The van der Waals surface area contributed by atoms with Crippen LogP contribution in [0.15, 0.2) is 29.0 Å². The molecule has 0 aliphatic heterocycles. The molecule has 0 atom stereocenters. The summed E-state index contributed by atoms with van der Waals surface area (Å²) in [5, 5.41) is 7.31. The van der Waals surface area contributed by atoms with E-state index < -0.39 is 0 Å². The molecule has 0 saturated carbocycles. The topological polar surface area (TPSA) is 0 Å². The number of aryl methyl sites for hydroxylation is 1. The number of fused-ring (bicyclic) bond motifs is 1. The lowest BCUT2D eigenvalue weighted by atomic mass is 10.0. The Labute approximate surface area is 134 Å². The van der Waals surface area contributed by atoms with E-state index >= 15 is 0 Å². The fourth-order valence-electron chi connectivity index (χ4n) is 2.99. The summed E-state index contributed by atoms with van der Waals surface area (Å²) in [5.41, 5.74) is 1.51. The van der Waals surface area contributed by atoms with Crippen LogP contribution in [0, 0.1) is 0 Å². The minimum Gasteiger partial charge on any atom is -0.151 e. The summed E-state index contributed by atoms with van der Waals surface area (Å²) >= 11 is 1.81. The number of hydrogen-bond donors (Lipinski definition) is 0. The lowest BCUT2D eigenvalue weighted by Crippen LogP contribution is -1.86. The summed E-state index contributed by atoms with van der Waals surface area (Å²) in [6.45, 7) is 2.29. The molecule has 0 radical (unpaired) electrons. The summed E-state index contributed by atoms with van der Waals surface area (Å²) in [6, 6.07) is 6.96. The molecule has 0 aliphatic carbocycles. The van der Waals surface area contributed by atoms with Crippen molar-refractivity contribution in [3.8, 4) is 0 Å². The summed E-state index contributed by atoms with van der Waals surface area (Å²) < 4.78 is 0. The van der Waals surface area contributed by atoms with Gasteiger partial charge in [-0.2, -0.15) is 11.3 Å². The first-order valence-corrected chi connectivity index (χ1v) is 9.79. The molecule has 1 heterocycles. The Kier molecular flexibility index (Phi) is 7.88. The van der Waals surface area contributed by atoms with Crippen molar-refractivity contribution in [1.29, 1.82) is 0 Å². The summed E-state index contributed by atoms with van der Waals surface area (Å²) in [4.78, 5) is 0. The van der Waals surface area contributed by atoms with Crippen LogP contribution >= 0.6 is 11.3 Å². The van der Waals surface area contributed by atoms with Crippen LogP contribution in [-0.4, -0.2) is 0 Å². The van der Waals surface area contributed by atoms with Gasteiger partial charge in [-0.3, -0.25) is 0 Å². The Balaban J connectivity index is 1.49. The van der Waals surface area contributed by atoms with Crippen molar-refractivity contribution in [3.63, 3.8) is 0 Å². The predicted molar refractivity (Wildman–Crippen MR) is 97.4 cm³/mol. The molecule has 1 heteroatoms. The van der Waals surface area contributed by atoms with E-state index in [0.29, 0.717) is 0 Å². The van der Waals surface area contributed by atoms with Crippen molar-refractivity contribution in [2.75, 3.05) is 0 Å². The SMILES string of the molecule is CCCCCCCCCCCCc1ccc2cscc2c1. The molecule has 21 heavy (non-hydrogen) atoms. The zero-order valence-electron chi connectivity index (χ0n) is 13.6. The molecule has 0 saturated heterocycles. The van der Waals surface area contributed by atoms with Gasteiger partial charge < -0.3 is 0 Å². The molecule has 0 fully saturated rings. The van der Waals surface area contributed by atoms with Crippen molar-refractivity contribution in [2.45, 2.75) is 77.6 Å². The number of rotatable bonds is 11. The first-order chi connectivity index (χ1) is 10.4. The van der Waals surface area contributed by atoms with Gasteiger partial charge in [-0.05, 0) is 39.9 Å². The molecule has 0 amide bonds. The quantitative estimate of drug-likeness (QED) is 0.380. The Morgan fingerprint density at radius 2 is 1.33 bits per heavy atom. The number of hydrogen-bond acceptors (Lipinski definition) is 1. The molecule has 1 aromatic heterocycles. The van der Waals surface area contributed by atoms with Crippen LogP contribution < -0.4 is 0 Å². The van der Waals surface area contributed by atoms with E-state index in [9.17, 15) is 0 Å². The van der Waals surface area contributed by atoms with Crippen molar-refractivity contribution >= 4 is 22.1 Å². The smallest absolute Gasteiger partial charge is 0.00144 e. The average Bonchev–Trinajstić information content (AvgIpc) is 2.97. The van der Waals surface area contributed by atoms with E-state index in [0.717, 1.165) is 0 Å². The van der Waals surface area contributed by atoms with Crippen LogP contribution in [0.3, 0.4) is 0 Å². The summed E-state index contributed by atoms with van der Waals surface area (Å²) in [6.07, 6.45) is 15.5. The fraction of sp³-hybridized carbons (Fsp3) is 0.600. The molecule has 116 valence electrons. The third kappa shape index (κ3) is 6.22. The average molecular weight is 303 g/mol. The van der Waals surface area contributed by atoms with E-state index in [2.05, 4.69) is 35.9 Å². The monoisotopic (exact) mass is 302 g/mol. The van der Waals surface area contributed by atoms with Gasteiger partial charge in [-0.1, -0.05) is 82.9 Å². The van der Waals surface area contributed by atoms with Crippen LogP contribution in [-0.2, 0) is 6.42 Å². The predicted octanol–water partition coefficient (Wildman–Crippen LogP) is 7.36. The Bertz CT molecular complexity index is 497. The largest absolute Gasteiger partial charge is 0.151 e. The molecule has 0 spiro atoms. The zero-order valence-corrected chi connectivity index (χ0v) is 14.4. The van der Waals surface area contributed by atoms with Crippen LogP contribution in [0.25, 0.3) is 10.8 Å². The summed E-state index contributed by atoms with van der Waals surface area (Å²) in [5.74, 6) is 0. The maximum atomic E-state index is 2.37. The molecule has 0 N–H and O–H groups in total. The van der Waals surface area contributed by atoms with Gasteiger partial charge in [0.1, 0.15) is 0 Å². The highest BCUT2D eigenvalue weighted by Gasteiger charge is 1.98. The molecule has 0 aliphatic rings. The third-order valence-corrected chi connectivity index (χ3v) is 5.14. The Morgan fingerprint density at radius 1 is 0.714 bits per heavy atom. The van der Waals surface area contributed by atoms with Crippen molar-refractivity contribution < 1.29 is 0 Å². The highest BCUT2D eigenvalue weighted by Crippen LogP contribution is 2.21. The molecule has 2 rings (SSSR count). The molecule has 0 unspecified atom stereocenters. The summed E-state index contributed by atoms with van der Waals surface area (Å²) in [7, 11) is 0. The van der Waals surface area contributed by atoms with Gasteiger partial charge in [-0.25, -0.2) is 0 Å². The van der Waals surface area contributed by atoms with Crippen LogP contribution in [0.2, 0.25) is 0 Å².